The maximum absolute atomic E-state index is 13.3. The van der Waals surface area contributed by atoms with Crippen molar-refractivity contribution in [2.24, 2.45) is 7.05 Å². The predicted octanol–water partition coefficient (Wildman–Crippen LogP) is 3.94. The number of benzene rings is 1. The number of carbonyl (C=O) groups is 3. The van der Waals surface area contributed by atoms with Gasteiger partial charge in [0, 0.05) is 23.9 Å². The van der Waals surface area contributed by atoms with Gasteiger partial charge in [-0.05, 0) is 50.6 Å². The van der Waals surface area contributed by atoms with Crippen molar-refractivity contribution in [3.63, 3.8) is 0 Å². The van der Waals surface area contributed by atoms with Crippen LogP contribution in [0.3, 0.4) is 0 Å². The van der Waals surface area contributed by atoms with E-state index in [0.717, 1.165) is 0 Å². The molecule has 1 amide bonds. The quantitative estimate of drug-likeness (QED) is 0.406. The van der Waals surface area contributed by atoms with Gasteiger partial charge in [-0.2, -0.15) is 0 Å². The van der Waals surface area contributed by atoms with Crippen LogP contribution in [0.2, 0.25) is 0 Å². The van der Waals surface area contributed by atoms with Crippen molar-refractivity contribution in [3.8, 4) is 0 Å². The van der Waals surface area contributed by atoms with Crippen molar-refractivity contribution in [3.05, 3.63) is 82.6 Å². The standard InChI is InChI=1S/C24H26N2O5/c1-5-30-24(29)22-16(2)21(17(3)25(22)4)20(27)15-26(14-19-12-9-13-31-19)23(28)18-10-7-6-8-11-18/h6-13H,5,14-15H2,1-4H3. The lowest BCUT2D eigenvalue weighted by Gasteiger charge is -2.21. The Morgan fingerprint density at radius 1 is 1.06 bits per heavy atom. The second-order valence-electron chi connectivity index (χ2n) is 7.24. The lowest BCUT2D eigenvalue weighted by molar-refractivity contribution is 0.0514. The fraction of sp³-hybridized carbons (Fsp3) is 0.292. The molecule has 0 unspecified atom stereocenters. The number of hydrogen-bond donors (Lipinski definition) is 0. The van der Waals surface area contributed by atoms with Crippen LogP contribution in [-0.2, 0) is 18.3 Å². The molecule has 0 fully saturated rings. The number of nitrogens with zero attached hydrogens (tertiary/aromatic N) is 2. The molecule has 2 heterocycles. The second-order valence-corrected chi connectivity index (χ2v) is 7.24. The summed E-state index contributed by atoms with van der Waals surface area (Å²) in [5, 5.41) is 0. The summed E-state index contributed by atoms with van der Waals surface area (Å²) in [5.41, 5.74) is 2.45. The molecule has 0 N–H and O–H groups in total. The van der Waals surface area contributed by atoms with Crippen molar-refractivity contribution in [1.82, 2.24) is 9.47 Å². The SMILES string of the molecule is CCOC(=O)c1c(C)c(C(=O)CN(Cc2ccco2)C(=O)c2ccccc2)c(C)n1C. The van der Waals surface area contributed by atoms with Gasteiger partial charge < -0.3 is 18.6 Å². The molecule has 0 radical (unpaired) electrons. The summed E-state index contributed by atoms with van der Waals surface area (Å²) < 4.78 is 12.2. The number of rotatable bonds is 8. The molecule has 0 atom stereocenters. The van der Waals surface area contributed by atoms with E-state index in [9.17, 15) is 14.4 Å². The third-order valence-corrected chi connectivity index (χ3v) is 5.25. The lowest BCUT2D eigenvalue weighted by atomic mass is 10.0. The molecular weight excluding hydrogens is 396 g/mol. The minimum Gasteiger partial charge on any atom is -0.467 e. The van der Waals surface area contributed by atoms with Gasteiger partial charge in [0.25, 0.3) is 5.91 Å². The number of hydrogen-bond acceptors (Lipinski definition) is 5. The maximum Gasteiger partial charge on any atom is 0.355 e. The Labute approximate surface area is 181 Å². The molecule has 0 spiro atoms. The number of carbonyl (C=O) groups excluding carboxylic acids is 3. The first-order chi connectivity index (χ1) is 14.8. The molecule has 7 heteroatoms. The number of ketones is 1. The van der Waals surface area contributed by atoms with Gasteiger partial charge in [0.2, 0.25) is 0 Å². The van der Waals surface area contributed by atoms with Gasteiger partial charge >= 0.3 is 5.97 Å². The summed E-state index contributed by atoms with van der Waals surface area (Å²) in [7, 11) is 1.72. The molecule has 0 saturated carbocycles. The van der Waals surface area contributed by atoms with Crippen LogP contribution >= 0.6 is 0 Å². The Kier molecular flexibility index (Phi) is 6.74. The number of furan rings is 1. The van der Waals surface area contributed by atoms with Crippen LogP contribution in [0.15, 0.2) is 53.1 Å². The Balaban J connectivity index is 1.93. The summed E-state index contributed by atoms with van der Waals surface area (Å²) in [6, 6.07) is 12.3. The van der Waals surface area contributed by atoms with Crippen LogP contribution in [0, 0.1) is 13.8 Å². The molecule has 0 aliphatic carbocycles. The van der Waals surface area contributed by atoms with E-state index in [1.165, 1.54) is 11.2 Å². The summed E-state index contributed by atoms with van der Waals surface area (Å²) in [5.74, 6) is -0.428. The number of amides is 1. The van der Waals surface area contributed by atoms with Crippen LogP contribution in [0.1, 0.15) is 55.1 Å². The summed E-state index contributed by atoms with van der Waals surface area (Å²) in [4.78, 5) is 40.3. The van der Waals surface area contributed by atoms with Crippen LogP contribution < -0.4 is 0 Å². The van der Waals surface area contributed by atoms with Gasteiger partial charge in [-0.3, -0.25) is 9.59 Å². The van der Waals surface area contributed by atoms with Crippen LogP contribution in [0.5, 0.6) is 0 Å². The zero-order valence-corrected chi connectivity index (χ0v) is 18.2. The van der Waals surface area contributed by atoms with Crippen molar-refractivity contribution in [2.45, 2.75) is 27.3 Å². The zero-order chi connectivity index (χ0) is 22.5. The largest absolute Gasteiger partial charge is 0.467 e. The highest BCUT2D eigenvalue weighted by atomic mass is 16.5. The molecule has 162 valence electrons. The molecule has 0 aliphatic heterocycles. The first-order valence-corrected chi connectivity index (χ1v) is 10.1. The van der Waals surface area contributed by atoms with Crippen LogP contribution in [-0.4, -0.2) is 40.3 Å². The number of esters is 1. The Bertz CT molecular complexity index is 1080. The molecule has 2 aromatic heterocycles. The zero-order valence-electron chi connectivity index (χ0n) is 18.2. The van der Waals surface area contributed by atoms with Crippen molar-refractivity contribution < 1.29 is 23.5 Å². The molecule has 0 aliphatic rings. The van der Waals surface area contributed by atoms with Crippen molar-refractivity contribution >= 4 is 17.7 Å². The average Bonchev–Trinajstić information content (AvgIpc) is 3.34. The molecular formula is C24H26N2O5. The monoisotopic (exact) mass is 422 g/mol. The predicted molar refractivity (Wildman–Crippen MR) is 115 cm³/mol. The Hall–Kier alpha value is -3.61. The van der Waals surface area contributed by atoms with Crippen LogP contribution in [0.4, 0.5) is 0 Å². The molecule has 0 saturated heterocycles. The van der Waals surface area contributed by atoms with Crippen LogP contribution in [0.25, 0.3) is 0 Å². The highest BCUT2D eigenvalue weighted by Crippen LogP contribution is 2.23. The van der Waals surface area contributed by atoms with E-state index in [2.05, 4.69) is 0 Å². The maximum atomic E-state index is 13.3. The summed E-state index contributed by atoms with van der Waals surface area (Å²) in [6.45, 7) is 5.48. The molecule has 0 bridgehead atoms. The smallest absolute Gasteiger partial charge is 0.355 e. The highest BCUT2D eigenvalue weighted by Gasteiger charge is 2.28. The topological polar surface area (TPSA) is 81.8 Å². The summed E-state index contributed by atoms with van der Waals surface area (Å²) >= 11 is 0. The fourth-order valence-corrected chi connectivity index (χ4v) is 3.68. The van der Waals surface area contributed by atoms with Crippen molar-refractivity contribution in [1.29, 1.82) is 0 Å². The Morgan fingerprint density at radius 3 is 2.39 bits per heavy atom. The molecule has 3 rings (SSSR count). The number of Topliss-reactive ketones (excluding diaryl/α,β-unsaturated/α-hetero) is 1. The first-order valence-electron chi connectivity index (χ1n) is 10.1. The first kappa shape index (κ1) is 22.1. The minimum absolute atomic E-state index is 0.150. The third kappa shape index (κ3) is 4.60. The Morgan fingerprint density at radius 2 is 1.77 bits per heavy atom. The van der Waals surface area contributed by atoms with E-state index in [0.29, 0.717) is 33.8 Å². The normalized spacial score (nSPS) is 10.7. The van der Waals surface area contributed by atoms with Crippen molar-refractivity contribution in [2.75, 3.05) is 13.2 Å². The number of ether oxygens (including phenoxy) is 1. The van der Waals surface area contributed by atoms with E-state index in [-0.39, 0.29) is 31.4 Å². The molecule has 1 aromatic carbocycles. The van der Waals surface area contributed by atoms with Gasteiger partial charge in [0.1, 0.15) is 11.5 Å². The van der Waals surface area contributed by atoms with E-state index in [4.69, 9.17) is 9.15 Å². The third-order valence-electron chi connectivity index (χ3n) is 5.25. The van der Waals surface area contributed by atoms with Gasteiger partial charge in [-0.25, -0.2) is 4.79 Å². The van der Waals surface area contributed by atoms with E-state index >= 15 is 0 Å². The number of aromatic nitrogens is 1. The highest BCUT2D eigenvalue weighted by molar-refractivity contribution is 6.06. The van der Waals surface area contributed by atoms with Gasteiger partial charge in [0.15, 0.2) is 5.78 Å². The van der Waals surface area contributed by atoms with E-state index < -0.39 is 5.97 Å². The second kappa shape index (κ2) is 9.47. The molecule has 31 heavy (non-hydrogen) atoms. The van der Waals surface area contributed by atoms with Gasteiger partial charge in [-0.1, -0.05) is 18.2 Å². The minimum atomic E-state index is -0.475. The fourth-order valence-electron chi connectivity index (χ4n) is 3.68. The van der Waals surface area contributed by atoms with Gasteiger partial charge in [0.05, 0.1) is 26.0 Å². The van der Waals surface area contributed by atoms with Gasteiger partial charge in [-0.15, -0.1) is 0 Å². The average molecular weight is 422 g/mol. The molecule has 3 aromatic rings. The molecule has 7 nitrogen and oxygen atoms in total. The van der Waals surface area contributed by atoms with E-state index in [1.54, 1.807) is 68.8 Å². The van der Waals surface area contributed by atoms with E-state index in [1.807, 2.05) is 6.07 Å². The lowest BCUT2D eigenvalue weighted by Crippen LogP contribution is -2.35. The summed E-state index contributed by atoms with van der Waals surface area (Å²) in [6.07, 6.45) is 1.53.